The molecule has 0 radical (unpaired) electrons. The molecule has 0 amide bonds. The van der Waals surface area contributed by atoms with Crippen LogP contribution in [0.25, 0.3) is 0 Å². The van der Waals surface area contributed by atoms with Crippen LogP contribution >= 0.6 is 0 Å². The highest BCUT2D eigenvalue weighted by Crippen LogP contribution is 2.33. The normalized spacial score (nSPS) is 20.7. The van der Waals surface area contributed by atoms with Gasteiger partial charge in [-0.25, -0.2) is 0 Å². The average molecular weight is 303 g/mol. The summed E-state index contributed by atoms with van der Waals surface area (Å²) in [7, 11) is 0. The molecule has 8 heteroatoms. The molecule has 0 saturated carbocycles. The number of alkyl halides is 3. The molecule has 1 aromatic rings. The van der Waals surface area contributed by atoms with Crippen molar-refractivity contribution in [2.24, 2.45) is 10.9 Å². The Labute approximate surface area is 119 Å². The number of oxime groups is 1. The molecule has 21 heavy (non-hydrogen) atoms. The summed E-state index contributed by atoms with van der Waals surface area (Å²) in [5.41, 5.74) is 5.25. The van der Waals surface area contributed by atoms with Gasteiger partial charge in [-0.15, -0.1) is 0 Å². The first kappa shape index (κ1) is 15.4. The topological polar surface area (TPSA) is 71.1 Å². The highest BCUT2D eigenvalue weighted by molar-refractivity contribution is 6.02. The fourth-order valence-electron chi connectivity index (χ4n) is 2.31. The van der Waals surface area contributed by atoms with Gasteiger partial charge in [-0.3, -0.25) is 0 Å². The minimum Gasteiger partial charge on any atom is -0.409 e. The third-order valence-corrected chi connectivity index (χ3v) is 3.38. The Morgan fingerprint density at radius 3 is 2.76 bits per heavy atom. The van der Waals surface area contributed by atoms with E-state index in [2.05, 4.69) is 5.16 Å². The second kappa shape index (κ2) is 5.80. The quantitative estimate of drug-likeness (QED) is 0.379. The van der Waals surface area contributed by atoms with Crippen LogP contribution in [0, 0.1) is 0 Å². The summed E-state index contributed by atoms with van der Waals surface area (Å²) in [5.74, 6) is -0.352. The molecule has 1 aliphatic rings. The zero-order chi connectivity index (χ0) is 15.6. The van der Waals surface area contributed by atoms with Crippen molar-refractivity contribution >= 4 is 11.5 Å². The molecule has 1 heterocycles. The van der Waals surface area contributed by atoms with Gasteiger partial charge >= 0.3 is 6.18 Å². The number of amidine groups is 1. The smallest absolute Gasteiger partial charge is 0.409 e. The molecule has 2 rings (SSSR count). The predicted molar refractivity (Wildman–Crippen MR) is 71.6 cm³/mol. The largest absolute Gasteiger partial charge is 0.416 e. The molecule has 0 aromatic heterocycles. The molecule has 1 aromatic carbocycles. The van der Waals surface area contributed by atoms with Crippen LogP contribution < -0.4 is 10.6 Å². The fourth-order valence-corrected chi connectivity index (χ4v) is 2.31. The minimum absolute atomic E-state index is 0.0132. The number of hydrogen-bond donors (Lipinski definition) is 2. The van der Waals surface area contributed by atoms with E-state index in [4.69, 9.17) is 15.7 Å². The molecule has 5 nitrogen and oxygen atoms in total. The van der Waals surface area contributed by atoms with Gasteiger partial charge in [-0.2, -0.15) is 13.2 Å². The van der Waals surface area contributed by atoms with Gasteiger partial charge in [0.15, 0.2) is 5.84 Å². The molecule has 0 spiro atoms. The highest BCUT2D eigenvalue weighted by Gasteiger charge is 2.32. The van der Waals surface area contributed by atoms with Crippen molar-refractivity contribution in [2.75, 3.05) is 24.7 Å². The Kier molecular flexibility index (Phi) is 4.26. The Bertz CT molecular complexity index is 546. The van der Waals surface area contributed by atoms with E-state index in [-0.39, 0.29) is 17.4 Å². The summed E-state index contributed by atoms with van der Waals surface area (Å²) in [4.78, 5) is 1.89. The Balaban J connectivity index is 2.50. The van der Waals surface area contributed by atoms with Crippen LogP contribution in [0.3, 0.4) is 0 Å². The van der Waals surface area contributed by atoms with Crippen LogP contribution in [-0.4, -0.2) is 36.8 Å². The number of anilines is 1. The van der Waals surface area contributed by atoms with Crippen LogP contribution in [-0.2, 0) is 10.9 Å². The lowest BCUT2D eigenvalue weighted by molar-refractivity contribution is -0.137. The lowest BCUT2D eigenvalue weighted by Crippen LogP contribution is -2.44. The summed E-state index contributed by atoms with van der Waals surface area (Å²) in [5, 5.41) is 11.6. The molecule has 1 saturated heterocycles. The van der Waals surface area contributed by atoms with Gasteiger partial charge < -0.3 is 20.6 Å². The van der Waals surface area contributed by atoms with Crippen LogP contribution in [0.4, 0.5) is 18.9 Å². The van der Waals surface area contributed by atoms with E-state index in [1.165, 1.54) is 6.07 Å². The van der Waals surface area contributed by atoms with Crippen molar-refractivity contribution in [3.05, 3.63) is 29.3 Å². The van der Waals surface area contributed by atoms with E-state index in [1.54, 1.807) is 0 Å². The van der Waals surface area contributed by atoms with Crippen molar-refractivity contribution < 1.29 is 23.1 Å². The maximum absolute atomic E-state index is 12.8. The zero-order valence-corrected chi connectivity index (χ0v) is 11.4. The van der Waals surface area contributed by atoms with Crippen molar-refractivity contribution in [1.82, 2.24) is 0 Å². The van der Waals surface area contributed by atoms with Gasteiger partial charge in [0.2, 0.25) is 0 Å². The second-order valence-electron chi connectivity index (χ2n) is 4.83. The lowest BCUT2D eigenvalue weighted by atomic mass is 10.0. The molecule has 1 atom stereocenters. The van der Waals surface area contributed by atoms with E-state index in [9.17, 15) is 13.2 Å². The number of rotatable bonds is 2. The van der Waals surface area contributed by atoms with Crippen LogP contribution in [0.2, 0.25) is 0 Å². The maximum atomic E-state index is 12.8. The first-order valence-corrected chi connectivity index (χ1v) is 6.38. The SMILES string of the molecule is CC1COCCN1c1ccc(C(F)(F)F)cc1/C(N)=N/O. The minimum atomic E-state index is -4.49. The Hall–Kier alpha value is -1.96. The lowest BCUT2D eigenvalue weighted by Gasteiger charge is -2.36. The first-order valence-electron chi connectivity index (χ1n) is 6.38. The number of morpholine rings is 1. The van der Waals surface area contributed by atoms with Gasteiger partial charge in [0.05, 0.1) is 18.8 Å². The van der Waals surface area contributed by atoms with Crippen LogP contribution in [0.1, 0.15) is 18.1 Å². The van der Waals surface area contributed by atoms with Gasteiger partial charge in [-0.1, -0.05) is 5.16 Å². The first-order chi connectivity index (χ1) is 9.84. The average Bonchev–Trinajstić information content (AvgIpc) is 2.45. The summed E-state index contributed by atoms with van der Waals surface area (Å²) in [6.07, 6.45) is -4.49. The number of benzene rings is 1. The van der Waals surface area contributed by atoms with Gasteiger partial charge in [0, 0.05) is 23.8 Å². The Morgan fingerprint density at radius 1 is 1.48 bits per heavy atom. The van der Waals surface area contributed by atoms with E-state index in [0.717, 1.165) is 12.1 Å². The number of nitrogens with zero attached hydrogens (tertiary/aromatic N) is 2. The Morgan fingerprint density at radius 2 is 2.19 bits per heavy atom. The molecule has 3 N–H and O–H groups in total. The third-order valence-electron chi connectivity index (χ3n) is 3.38. The monoisotopic (exact) mass is 303 g/mol. The van der Waals surface area contributed by atoms with Crippen molar-refractivity contribution in [1.29, 1.82) is 0 Å². The molecule has 1 fully saturated rings. The fraction of sp³-hybridized carbons (Fsp3) is 0.462. The number of nitrogens with two attached hydrogens (primary N) is 1. The van der Waals surface area contributed by atoms with E-state index in [1.807, 2.05) is 11.8 Å². The highest BCUT2D eigenvalue weighted by atomic mass is 19.4. The van der Waals surface area contributed by atoms with Crippen LogP contribution in [0.15, 0.2) is 23.4 Å². The van der Waals surface area contributed by atoms with Crippen LogP contribution in [0.5, 0.6) is 0 Å². The molecular weight excluding hydrogens is 287 g/mol. The predicted octanol–water partition coefficient (Wildman–Crippen LogP) is 2.02. The third kappa shape index (κ3) is 3.21. The van der Waals surface area contributed by atoms with Gasteiger partial charge in [0.25, 0.3) is 0 Å². The second-order valence-corrected chi connectivity index (χ2v) is 4.83. The molecule has 1 unspecified atom stereocenters. The molecule has 0 aliphatic carbocycles. The van der Waals surface area contributed by atoms with Crippen molar-refractivity contribution in [3.8, 4) is 0 Å². The standard InChI is InChI=1S/C13H16F3N3O2/c1-8-7-21-5-4-19(8)11-3-2-9(13(14,15)16)6-10(11)12(17)18-20/h2-3,6,8,20H,4-5,7H2,1H3,(H2,17,18). The van der Waals surface area contributed by atoms with E-state index in [0.29, 0.717) is 25.4 Å². The summed E-state index contributed by atoms with van der Waals surface area (Å²) >= 11 is 0. The number of halogens is 3. The van der Waals surface area contributed by atoms with Crippen molar-refractivity contribution in [3.63, 3.8) is 0 Å². The number of ether oxygens (including phenoxy) is 1. The van der Waals surface area contributed by atoms with E-state index < -0.39 is 11.7 Å². The molecule has 1 aliphatic heterocycles. The molecule has 116 valence electrons. The summed E-state index contributed by atoms with van der Waals surface area (Å²) in [6.45, 7) is 3.36. The van der Waals surface area contributed by atoms with Crippen molar-refractivity contribution in [2.45, 2.75) is 19.1 Å². The van der Waals surface area contributed by atoms with Gasteiger partial charge in [0.1, 0.15) is 0 Å². The number of hydrogen-bond acceptors (Lipinski definition) is 4. The molecular formula is C13H16F3N3O2. The van der Waals surface area contributed by atoms with E-state index >= 15 is 0 Å². The summed E-state index contributed by atoms with van der Waals surface area (Å²) < 4.78 is 43.7. The maximum Gasteiger partial charge on any atom is 0.416 e. The van der Waals surface area contributed by atoms with Gasteiger partial charge in [-0.05, 0) is 25.1 Å². The molecule has 0 bridgehead atoms. The summed E-state index contributed by atoms with van der Waals surface area (Å²) in [6, 6.07) is 3.22. The zero-order valence-electron chi connectivity index (χ0n) is 11.4.